The van der Waals surface area contributed by atoms with E-state index in [4.69, 9.17) is 5.73 Å². The Labute approximate surface area is 74.2 Å². The van der Waals surface area contributed by atoms with Crippen LogP contribution in [-0.2, 0) is 0 Å². The van der Waals surface area contributed by atoms with Gasteiger partial charge < -0.3 is 10.6 Å². The van der Waals surface area contributed by atoms with E-state index in [1.54, 1.807) is 0 Å². The van der Waals surface area contributed by atoms with Gasteiger partial charge in [-0.3, -0.25) is 0 Å². The fraction of sp³-hybridized carbons (Fsp3) is 0.875. The van der Waals surface area contributed by atoms with Crippen molar-refractivity contribution in [1.82, 2.24) is 4.90 Å². The smallest absolute Gasteiger partial charge is 0.0893 e. The summed E-state index contributed by atoms with van der Waals surface area (Å²) in [6.07, 6.45) is 1.05. The zero-order valence-corrected chi connectivity index (χ0v) is 7.95. The van der Waals surface area contributed by atoms with Crippen LogP contribution in [0.1, 0.15) is 6.42 Å². The van der Waals surface area contributed by atoms with Crippen LogP contribution in [-0.4, -0.2) is 51.2 Å². The second-order valence-corrected chi connectivity index (χ2v) is 2.81. The van der Waals surface area contributed by atoms with Crippen LogP contribution in [0.2, 0.25) is 0 Å². The van der Waals surface area contributed by atoms with Crippen LogP contribution in [0.5, 0.6) is 0 Å². The van der Waals surface area contributed by atoms with Gasteiger partial charge in [-0.1, -0.05) is 0 Å². The minimum absolute atomic E-state index is 0.570. The van der Waals surface area contributed by atoms with Crippen molar-refractivity contribution < 1.29 is 0 Å². The molecule has 0 aromatic carbocycles. The summed E-state index contributed by atoms with van der Waals surface area (Å²) in [6.45, 7) is 3.05. The number of nitrogens with zero attached hydrogens (tertiary/aromatic N) is 3. The molecular weight excluding hydrogens is 152 g/mol. The Bertz CT molecular complexity index is 147. The number of hydrogen-bond acceptors (Lipinski definition) is 4. The standard InChI is InChI=1S/C8H18N4/c1-12(2)7-3-5-10-8-11-6-4-9/h3-7,9H2,1-2H3. The molecule has 12 heavy (non-hydrogen) atoms. The van der Waals surface area contributed by atoms with Gasteiger partial charge in [0.2, 0.25) is 0 Å². The summed E-state index contributed by atoms with van der Waals surface area (Å²) < 4.78 is 0. The Morgan fingerprint density at radius 2 is 1.92 bits per heavy atom. The highest BCUT2D eigenvalue weighted by Gasteiger charge is 1.86. The minimum atomic E-state index is 0.570. The van der Waals surface area contributed by atoms with Crippen LogP contribution in [0.25, 0.3) is 0 Å². The monoisotopic (exact) mass is 170 g/mol. The lowest BCUT2D eigenvalue weighted by Gasteiger charge is -2.05. The average molecular weight is 170 g/mol. The summed E-state index contributed by atoms with van der Waals surface area (Å²) in [5.41, 5.74) is 5.23. The van der Waals surface area contributed by atoms with Gasteiger partial charge in [0.25, 0.3) is 0 Å². The maximum absolute atomic E-state index is 5.23. The maximum atomic E-state index is 5.23. The van der Waals surface area contributed by atoms with E-state index in [-0.39, 0.29) is 0 Å². The molecular formula is C8H18N4. The molecule has 0 saturated carbocycles. The Morgan fingerprint density at radius 3 is 2.50 bits per heavy atom. The van der Waals surface area contributed by atoms with Crippen LogP contribution in [0, 0.1) is 0 Å². The third-order valence-electron chi connectivity index (χ3n) is 1.26. The van der Waals surface area contributed by atoms with Crippen LogP contribution >= 0.6 is 0 Å². The molecule has 0 rings (SSSR count). The average Bonchev–Trinajstić information content (AvgIpc) is 2.02. The molecule has 0 spiro atoms. The molecule has 70 valence electrons. The number of rotatable bonds is 6. The van der Waals surface area contributed by atoms with Gasteiger partial charge in [-0.05, 0) is 27.1 Å². The Morgan fingerprint density at radius 1 is 1.25 bits per heavy atom. The summed E-state index contributed by atoms with van der Waals surface area (Å²) in [7, 11) is 4.10. The second-order valence-electron chi connectivity index (χ2n) is 2.81. The highest BCUT2D eigenvalue weighted by Crippen LogP contribution is 1.82. The second kappa shape index (κ2) is 8.40. The van der Waals surface area contributed by atoms with E-state index in [1.807, 2.05) is 14.1 Å². The van der Waals surface area contributed by atoms with Crippen molar-refractivity contribution in [2.45, 2.75) is 6.42 Å². The van der Waals surface area contributed by atoms with E-state index in [9.17, 15) is 0 Å². The van der Waals surface area contributed by atoms with Crippen molar-refractivity contribution in [3.05, 3.63) is 0 Å². The fourth-order valence-corrected chi connectivity index (χ4v) is 0.681. The van der Waals surface area contributed by atoms with Crippen molar-refractivity contribution in [2.24, 2.45) is 15.7 Å². The number of aliphatic imine (C=N–C) groups is 2. The van der Waals surface area contributed by atoms with Crippen LogP contribution < -0.4 is 5.73 Å². The Balaban J connectivity index is 3.23. The van der Waals surface area contributed by atoms with E-state index < -0.39 is 0 Å². The lowest BCUT2D eigenvalue weighted by atomic mass is 10.4. The Hall–Kier alpha value is -0.700. The SMILES string of the molecule is CN(C)CCCN=C=NCCN. The van der Waals surface area contributed by atoms with E-state index in [0.29, 0.717) is 13.1 Å². The highest BCUT2D eigenvalue weighted by atomic mass is 15.0. The molecule has 0 radical (unpaired) electrons. The van der Waals surface area contributed by atoms with Crippen LogP contribution in [0.3, 0.4) is 0 Å². The quantitative estimate of drug-likeness (QED) is 0.453. The molecule has 0 amide bonds. The van der Waals surface area contributed by atoms with E-state index >= 15 is 0 Å². The van der Waals surface area contributed by atoms with Gasteiger partial charge in [-0.15, -0.1) is 0 Å². The molecule has 0 bridgehead atoms. The first kappa shape index (κ1) is 11.3. The lowest BCUT2D eigenvalue weighted by molar-refractivity contribution is 0.403. The third-order valence-corrected chi connectivity index (χ3v) is 1.26. The van der Waals surface area contributed by atoms with Gasteiger partial charge in [0, 0.05) is 6.54 Å². The summed E-state index contributed by atoms with van der Waals surface area (Å²) >= 11 is 0. The normalized spacial score (nSPS) is 9.67. The molecule has 0 heterocycles. The third kappa shape index (κ3) is 9.30. The van der Waals surface area contributed by atoms with Gasteiger partial charge in [-0.25, -0.2) is 9.98 Å². The largest absolute Gasteiger partial charge is 0.329 e. The number of nitrogens with two attached hydrogens (primary N) is 1. The first-order valence-corrected chi connectivity index (χ1v) is 4.20. The molecule has 0 aliphatic carbocycles. The molecule has 2 N–H and O–H groups in total. The lowest BCUT2D eigenvalue weighted by Crippen LogP contribution is -2.13. The van der Waals surface area contributed by atoms with E-state index in [2.05, 4.69) is 20.9 Å². The molecule has 0 aliphatic heterocycles. The van der Waals surface area contributed by atoms with Gasteiger partial charge in [0.05, 0.1) is 19.1 Å². The molecule has 0 atom stereocenters. The van der Waals surface area contributed by atoms with Crippen molar-refractivity contribution in [3.63, 3.8) is 0 Å². The summed E-state index contributed by atoms with van der Waals surface area (Å²) in [4.78, 5) is 9.96. The zero-order valence-electron chi connectivity index (χ0n) is 7.95. The molecule has 4 heteroatoms. The molecule has 0 fully saturated rings. The molecule has 0 saturated heterocycles. The minimum Gasteiger partial charge on any atom is -0.329 e. The van der Waals surface area contributed by atoms with Gasteiger partial charge in [-0.2, -0.15) is 0 Å². The van der Waals surface area contributed by atoms with Crippen molar-refractivity contribution in [2.75, 3.05) is 40.3 Å². The van der Waals surface area contributed by atoms with Crippen LogP contribution in [0.4, 0.5) is 0 Å². The van der Waals surface area contributed by atoms with Crippen molar-refractivity contribution >= 4 is 6.01 Å². The number of hydrogen-bond donors (Lipinski definition) is 1. The van der Waals surface area contributed by atoms with E-state index in [1.165, 1.54) is 0 Å². The van der Waals surface area contributed by atoms with Gasteiger partial charge >= 0.3 is 0 Å². The zero-order chi connectivity index (χ0) is 9.23. The predicted octanol–water partition coefficient (Wildman–Crippen LogP) is 0.0707. The van der Waals surface area contributed by atoms with E-state index in [0.717, 1.165) is 19.5 Å². The van der Waals surface area contributed by atoms with Gasteiger partial charge in [0.15, 0.2) is 0 Å². The first-order valence-electron chi connectivity index (χ1n) is 4.20. The molecule has 0 aromatic rings. The van der Waals surface area contributed by atoms with Crippen molar-refractivity contribution in [1.29, 1.82) is 0 Å². The highest BCUT2D eigenvalue weighted by molar-refractivity contribution is 5.40. The predicted molar refractivity (Wildman–Crippen MR) is 51.8 cm³/mol. The first-order chi connectivity index (χ1) is 5.77. The summed E-state index contributed by atoms with van der Waals surface area (Å²) in [5, 5.41) is 0. The van der Waals surface area contributed by atoms with Crippen LogP contribution in [0.15, 0.2) is 9.98 Å². The maximum Gasteiger partial charge on any atom is 0.0893 e. The molecule has 4 nitrogen and oxygen atoms in total. The molecule has 0 aromatic heterocycles. The molecule has 0 aliphatic rings. The topological polar surface area (TPSA) is 54.0 Å². The Kier molecular flexibility index (Phi) is 7.91. The summed E-state index contributed by atoms with van der Waals surface area (Å²) in [5.74, 6) is 0. The molecule has 0 unspecified atom stereocenters. The van der Waals surface area contributed by atoms with Crippen molar-refractivity contribution in [3.8, 4) is 0 Å². The van der Waals surface area contributed by atoms with Gasteiger partial charge in [0.1, 0.15) is 0 Å². The fourth-order valence-electron chi connectivity index (χ4n) is 0.681. The summed E-state index contributed by atoms with van der Waals surface area (Å²) in [6, 6.07) is 2.61.